The highest BCUT2D eigenvalue weighted by Crippen LogP contribution is 2.38. The van der Waals surface area contributed by atoms with Gasteiger partial charge in [0.25, 0.3) is 0 Å². The summed E-state index contributed by atoms with van der Waals surface area (Å²) in [5.74, 6) is 0.854. The Morgan fingerprint density at radius 3 is 2.79 bits per heavy atom. The van der Waals surface area contributed by atoms with Gasteiger partial charge in [0.05, 0.1) is 12.0 Å². The Bertz CT molecular complexity index is 278. The largest absolute Gasteiger partial charge is 0.338 e. The van der Waals surface area contributed by atoms with Crippen molar-refractivity contribution in [2.75, 3.05) is 6.54 Å². The van der Waals surface area contributed by atoms with Crippen LogP contribution in [0.4, 0.5) is 0 Å². The maximum Gasteiger partial charge on any atom is 0.224 e. The maximum atomic E-state index is 11.7. The number of nitrogens with zero attached hydrogens (tertiary/aromatic N) is 2. The number of amides is 1. The third kappa shape index (κ3) is 1.61. The predicted molar refractivity (Wildman–Crippen MR) is 52.2 cm³/mol. The van der Waals surface area contributed by atoms with Crippen LogP contribution in [-0.4, -0.2) is 23.4 Å². The lowest BCUT2D eigenvalue weighted by Gasteiger charge is -2.26. The molecule has 2 unspecified atom stereocenters. The number of carbonyl (C=O) groups is 1. The first kappa shape index (κ1) is 9.51. The number of carbonyl (C=O) groups excluding carboxylic acids is 1. The van der Waals surface area contributed by atoms with Crippen molar-refractivity contribution in [3.8, 4) is 6.07 Å². The zero-order chi connectivity index (χ0) is 10.1. The summed E-state index contributed by atoms with van der Waals surface area (Å²) in [6, 6.07) is 2.62. The van der Waals surface area contributed by atoms with Gasteiger partial charge in [-0.1, -0.05) is 6.92 Å². The van der Waals surface area contributed by atoms with Crippen molar-refractivity contribution in [2.45, 2.75) is 38.6 Å². The highest BCUT2D eigenvalue weighted by Gasteiger charge is 2.40. The first-order chi connectivity index (χ1) is 6.76. The lowest BCUT2D eigenvalue weighted by molar-refractivity contribution is -0.130. The van der Waals surface area contributed by atoms with Crippen molar-refractivity contribution in [3.63, 3.8) is 0 Å². The van der Waals surface area contributed by atoms with Crippen LogP contribution < -0.4 is 0 Å². The Morgan fingerprint density at radius 2 is 2.36 bits per heavy atom. The van der Waals surface area contributed by atoms with E-state index in [1.165, 1.54) is 12.8 Å². The van der Waals surface area contributed by atoms with Gasteiger partial charge < -0.3 is 4.90 Å². The number of hydrogen-bond donors (Lipinski definition) is 0. The molecule has 1 aliphatic carbocycles. The summed E-state index contributed by atoms with van der Waals surface area (Å²) in [6.07, 6.45) is 4.01. The molecule has 2 fully saturated rings. The van der Waals surface area contributed by atoms with E-state index >= 15 is 0 Å². The molecular formula is C11H16N2O. The van der Waals surface area contributed by atoms with E-state index in [9.17, 15) is 4.79 Å². The molecule has 0 radical (unpaired) electrons. The number of rotatable bonds is 3. The summed E-state index contributed by atoms with van der Waals surface area (Å²) in [4.78, 5) is 13.6. The highest BCUT2D eigenvalue weighted by atomic mass is 16.2. The van der Waals surface area contributed by atoms with Crippen LogP contribution in [0.2, 0.25) is 0 Å². The smallest absolute Gasteiger partial charge is 0.224 e. The average molecular weight is 192 g/mol. The van der Waals surface area contributed by atoms with Crippen LogP contribution in [0.1, 0.15) is 32.6 Å². The Labute approximate surface area is 84.7 Å². The Kier molecular flexibility index (Phi) is 2.45. The van der Waals surface area contributed by atoms with Gasteiger partial charge in [0.2, 0.25) is 5.91 Å². The van der Waals surface area contributed by atoms with Crippen molar-refractivity contribution in [3.05, 3.63) is 0 Å². The summed E-state index contributed by atoms with van der Waals surface area (Å²) in [7, 11) is 0. The lowest BCUT2D eigenvalue weighted by atomic mass is 10.1. The molecule has 0 N–H and O–H groups in total. The van der Waals surface area contributed by atoms with E-state index in [0.717, 1.165) is 12.3 Å². The van der Waals surface area contributed by atoms with E-state index in [4.69, 9.17) is 5.26 Å². The Balaban J connectivity index is 2.03. The minimum atomic E-state index is -0.0599. The van der Waals surface area contributed by atoms with E-state index in [1.54, 1.807) is 0 Å². The van der Waals surface area contributed by atoms with Gasteiger partial charge in [0.15, 0.2) is 0 Å². The van der Waals surface area contributed by atoms with E-state index in [0.29, 0.717) is 19.0 Å². The zero-order valence-electron chi connectivity index (χ0n) is 8.57. The van der Waals surface area contributed by atoms with Gasteiger partial charge in [0, 0.05) is 19.0 Å². The highest BCUT2D eigenvalue weighted by molar-refractivity contribution is 5.79. The van der Waals surface area contributed by atoms with Crippen molar-refractivity contribution in [1.82, 2.24) is 4.90 Å². The summed E-state index contributed by atoms with van der Waals surface area (Å²) in [5, 5.41) is 8.78. The van der Waals surface area contributed by atoms with Crippen molar-refractivity contribution < 1.29 is 4.79 Å². The van der Waals surface area contributed by atoms with Gasteiger partial charge in [-0.2, -0.15) is 5.26 Å². The van der Waals surface area contributed by atoms with E-state index < -0.39 is 0 Å². The maximum absolute atomic E-state index is 11.7. The van der Waals surface area contributed by atoms with Crippen LogP contribution in [0, 0.1) is 23.2 Å². The molecule has 2 rings (SSSR count). The number of nitriles is 1. The molecule has 14 heavy (non-hydrogen) atoms. The third-order valence-electron chi connectivity index (χ3n) is 3.33. The molecule has 3 nitrogen and oxygen atoms in total. The second-order valence-electron chi connectivity index (χ2n) is 4.39. The van der Waals surface area contributed by atoms with Gasteiger partial charge in [0.1, 0.15) is 0 Å². The molecule has 0 bridgehead atoms. The first-order valence-corrected chi connectivity index (χ1v) is 5.45. The second kappa shape index (κ2) is 3.61. The summed E-state index contributed by atoms with van der Waals surface area (Å²) < 4.78 is 0. The van der Waals surface area contributed by atoms with Gasteiger partial charge in [-0.25, -0.2) is 0 Å². The molecule has 0 aromatic heterocycles. The monoisotopic (exact) mass is 192 g/mol. The molecular weight excluding hydrogens is 176 g/mol. The fraction of sp³-hybridized carbons (Fsp3) is 0.818. The first-order valence-electron chi connectivity index (χ1n) is 5.45. The minimum absolute atomic E-state index is 0.0599. The molecule has 3 heteroatoms. The molecule has 1 aliphatic heterocycles. The molecule has 1 saturated heterocycles. The summed E-state index contributed by atoms with van der Waals surface area (Å²) >= 11 is 0. The molecule has 1 amide bonds. The minimum Gasteiger partial charge on any atom is -0.338 e. The quantitative estimate of drug-likeness (QED) is 0.681. The third-order valence-corrected chi connectivity index (χ3v) is 3.33. The summed E-state index contributed by atoms with van der Waals surface area (Å²) in [6.45, 7) is 2.81. The SMILES string of the molecule is CCC(C1CC1)N1CC(C#N)CC1=O. The fourth-order valence-electron chi connectivity index (χ4n) is 2.43. The zero-order valence-corrected chi connectivity index (χ0v) is 8.57. The molecule has 1 heterocycles. The molecule has 2 aliphatic rings. The van der Waals surface area contributed by atoms with Crippen LogP contribution in [0.25, 0.3) is 0 Å². The topological polar surface area (TPSA) is 44.1 Å². The van der Waals surface area contributed by atoms with Crippen molar-refractivity contribution in [1.29, 1.82) is 5.26 Å². The molecule has 0 aromatic carbocycles. The summed E-state index contributed by atoms with van der Waals surface area (Å²) in [5.41, 5.74) is 0. The average Bonchev–Trinajstić information content (AvgIpc) is 2.93. The second-order valence-corrected chi connectivity index (χ2v) is 4.39. The normalized spacial score (nSPS) is 29.0. The van der Waals surface area contributed by atoms with Crippen LogP contribution in [0.3, 0.4) is 0 Å². The predicted octanol–water partition coefficient (Wildman–Crippen LogP) is 1.55. The van der Waals surface area contributed by atoms with Crippen molar-refractivity contribution >= 4 is 5.91 Å². The van der Waals surface area contributed by atoms with Crippen molar-refractivity contribution in [2.24, 2.45) is 11.8 Å². The lowest BCUT2D eigenvalue weighted by Crippen LogP contribution is -2.37. The van der Waals surface area contributed by atoms with Gasteiger partial charge >= 0.3 is 0 Å². The number of likely N-dealkylation sites (tertiary alicyclic amines) is 1. The van der Waals surface area contributed by atoms with E-state index in [1.807, 2.05) is 4.90 Å². The van der Waals surface area contributed by atoms with E-state index in [2.05, 4.69) is 13.0 Å². The van der Waals surface area contributed by atoms with Crippen LogP contribution in [0.5, 0.6) is 0 Å². The van der Waals surface area contributed by atoms with E-state index in [-0.39, 0.29) is 11.8 Å². The van der Waals surface area contributed by atoms with Crippen LogP contribution in [-0.2, 0) is 4.79 Å². The standard InChI is InChI=1S/C11H16N2O/c1-2-10(9-3-4-9)13-7-8(6-12)5-11(13)14/h8-10H,2-5,7H2,1H3. The number of hydrogen-bond acceptors (Lipinski definition) is 2. The van der Waals surface area contributed by atoms with Gasteiger partial charge in [-0.05, 0) is 25.2 Å². The van der Waals surface area contributed by atoms with Gasteiger partial charge in [-0.3, -0.25) is 4.79 Å². The molecule has 76 valence electrons. The molecule has 1 saturated carbocycles. The molecule has 2 atom stereocenters. The van der Waals surface area contributed by atoms with Crippen LogP contribution in [0.15, 0.2) is 0 Å². The van der Waals surface area contributed by atoms with Gasteiger partial charge in [-0.15, -0.1) is 0 Å². The Morgan fingerprint density at radius 1 is 1.64 bits per heavy atom. The Hall–Kier alpha value is -1.04. The van der Waals surface area contributed by atoms with Crippen LogP contribution >= 0.6 is 0 Å². The fourth-order valence-corrected chi connectivity index (χ4v) is 2.43. The molecule has 0 spiro atoms. The molecule has 0 aromatic rings.